The van der Waals surface area contributed by atoms with Crippen molar-refractivity contribution < 1.29 is 19.2 Å². The second kappa shape index (κ2) is 9.54. The van der Waals surface area contributed by atoms with Crippen molar-refractivity contribution in [2.24, 2.45) is 0 Å². The second-order valence-corrected chi connectivity index (χ2v) is 7.63. The van der Waals surface area contributed by atoms with E-state index in [1.165, 1.54) is 23.5 Å². The van der Waals surface area contributed by atoms with Gasteiger partial charge in [-0.1, -0.05) is 18.2 Å². The molecule has 1 N–H and O–H groups in total. The van der Waals surface area contributed by atoms with Crippen LogP contribution >= 0.6 is 11.3 Å². The molecule has 3 aromatic rings. The van der Waals surface area contributed by atoms with E-state index in [0.29, 0.717) is 37.1 Å². The second-order valence-electron chi connectivity index (χ2n) is 6.77. The van der Waals surface area contributed by atoms with Crippen LogP contribution in [0.25, 0.3) is 0 Å². The van der Waals surface area contributed by atoms with Crippen LogP contribution in [-0.2, 0) is 16.1 Å². The maximum absolute atomic E-state index is 12.7. The quantitative estimate of drug-likeness (QED) is 0.334. The third-order valence-corrected chi connectivity index (χ3v) is 5.51. The number of nitrogens with zero attached hydrogens (tertiary/aromatic N) is 3. The molecule has 0 saturated carbocycles. The van der Waals surface area contributed by atoms with E-state index in [1.54, 1.807) is 11.4 Å². The van der Waals surface area contributed by atoms with E-state index in [-0.39, 0.29) is 17.9 Å². The summed E-state index contributed by atoms with van der Waals surface area (Å²) >= 11 is 1.38. The summed E-state index contributed by atoms with van der Waals surface area (Å²) in [4.78, 5) is 29.9. The maximum atomic E-state index is 12.7. The molecule has 1 aliphatic rings. The number of aromatic nitrogens is 1. The average Bonchev–Trinajstić information content (AvgIpc) is 3.25. The van der Waals surface area contributed by atoms with E-state index in [0.717, 1.165) is 11.4 Å². The molecule has 10 heteroatoms. The van der Waals surface area contributed by atoms with Gasteiger partial charge in [-0.15, -0.1) is 11.3 Å². The normalized spacial score (nSPS) is 13.6. The maximum Gasteiger partial charge on any atom is 0.345 e. The van der Waals surface area contributed by atoms with Crippen molar-refractivity contribution in [1.82, 2.24) is 4.98 Å². The van der Waals surface area contributed by atoms with Crippen LogP contribution in [0.3, 0.4) is 0 Å². The molecule has 1 fully saturated rings. The summed E-state index contributed by atoms with van der Waals surface area (Å²) in [6.45, 7) is 2.37. The van der Waals surface area contributed by atoms with Gasteiger partial charge in [0.2, 0.25) is 0 Å². The lowest BCUT2D eigenvalue weighted by molar-refractivity contribution is -0.385. The van der Waals surface area contributed by atoms with Gasteiger partial charge < -0.3 is 19.7 Å². The van der Waals surface area contributed by atoms with Crippen molar-refractivity contribution in [3.05, 3.63) is 75.3 Å². The SMILES string of the molecule is O=C(OCc1csc(Nc2ccccc2)n1)c1cc(N2CCOCC2)ccc1[N+](=O)[O-]. The number of rotatable bonds is 7. The number of thiazole rings is 1. The van der Waals surface area contributed by atoms with Gasteiger partial charge in [-0.25, -0.2) is 9.78 Å². The van der Waals surface area contributed by atoms with E-state index in [2.05, 4.69) is 10.3 Å². The zero-order valence-corrected chi connectivity index (χ0v) is 17.3. The Hall–Kier alpha value is -3.50. The van der Waals surface area contributed by atoms with Crippen LogP contribution in [0, 0.1) is 10.1 Å². The van der Waals surface area contributed by atoms with Gasteiger partial charge in [0.05, 0.1) is 23.8 Å². The highest BCUT2D eigenvalue weighted by atomic mass is 32.1. The summed E-state index contributed by atoms with van der Waals surface area (Å²) in [5, 5.41) is 17.0. The minimum atomic E-state index is -0.757. The standard InChI is InChI=1S/C21H20N4O5S/c26-20(30-13-16-14-31-21(23-16)22-15-4-2-1-3-5-15)18-12-17(6-7-19(18)25(27)28)24-8-10-29-11-9-24/h1-7,12,14H,8-11,13H2,(H,22,23). The minimum Gasteiger partial charge on any atom is -0.455 e. The van der Waals surface area contributed by atoms with Crippen molar-refractivity contribution in [3.63, 3.8) is 0 Å². The van der Waals surface area contributed by atoms with Gasteiger partial charge in [0.1, 0.15) is 12.2 Å². The van der Waals surface area contributed by atoms with Gasteiger partial charge >= 0.3 is 5.97 Å². The minimum absolute atomic E-state index is 0.0770. The Morgan fingerprint density at radius 3 is 2.74 bits per heavy atom. The number of morpholine rings is 1. The summed E-state index contributed by atoms with van der Waals surface area (Å²) in [6, 6.07) is 14.1. The molecule has 4 rings (SSSR count). The molecule has 0 unspecified atom stereocenters. The predicted molar refractivity (Wildman–Crippen MR) is 117 cm³/mol. The lowest BCUT2D eigenvalue weighted by Crippen LogP contribution is -2.36. The van der Waals surface area contributed by atoms with Crippen LogP contribution in [0.5, 0.6) is 0 Å². The fraction of sp³-hybridized carbons (Fsp3) is 0.238. The van der Waals surface area contributed by atoms with Crippen LogP contribution in [-0.4, -0.2) is 42.2 Å². The first-order chi connectivity index (χ1) is 15.1. The van der Waals surface area contributed by atoms with Crippen LogP contribution in [0.4, 0.5) is 22.2 Å². The van der Waals surface area contributed by atoms with Crippen molar-refractivity contribution >= 4 is 39.5 Å². The number of nitro groups is 1. The summed E-state index contributed by atoms with van der Waals surface area (Å²) in [6.07, 6.45) is 0. The van der Waals surface area contributed by atoms with Gasteiger partial charge in [0.25, 0.3) is 5.69 Å². The lowest BCUT2D eigenvalue weighted by Gasteiger charge is -2.29. The number of carbonyl (C=O) groups is 1. The number of carbonyl (C=O) groups excluding carboxylic acids is 1. The van der Waals surface area contributed by atoms with E-state index in [9.17, 15) is 14.9 Å². The van der Waals surface area contributed by atoms with E-state index < -0.39 is 10.9 Å². The first-order valence-corrected chi connectivity index (χ1v) is 10.5. The molecule has 1 aromatic heterocycles. The predicted octanol–water partition coefficient (Wildman–Crippen LogP) is 3.99. The van der Waals surface area contributed by atoms with Gasteiger partial charge in [-0.05, 0) is 24.3 Å². The smallest absolute Gasteiger partial charge is 0.345 e. The van der Waals surface area contributed by atoms with Crippen molar-refractivity contribution in [2.45, 2.75) is 6.61 Å². The largest absolute Gasteiger partial charge is 0.455 e. The number of hydrogen-bond donors (Lipinski definition) is 1. The van der Waals surface area contributed by atoms with Crippen molar-refractivity contribution in [3.8, 4) is 0 Å². The van der Waals surface area contributed by atoms with Crippen LogP contribution < -0.4 is 10.2 Å². The molecule has 0 spiro atoms. The summed E-state index contributed by atoms with van der Waals surface area (Å²) < 4.78 is 10.7. The third-order valence-electron chi connectivity index (χ3n) is 4.70. The third kappa shape index (κ3) is 5.16. The molecular formula is C21H20N4O5S. The van der Waals surface area contributed by atoms with Crippen molar-refractivity contribution in [2.75, 3.05) is 36.5 Å². The molecule has 160 valence electrons. The molecule has 0 aliphatic carbocycles. The van der Waals surface area contributed by atoms with Gasteiger partial charge in [-0.2, -0.15) is 0 Å². The zero-order chi connectivity index (χ0) is 21.6. The van der Waals surface area contributed by atoms with Gasteiger partial charge in [0.15, 0.2) is 5.13 Å². The number of para-hydroxylation sites is 1. The highest BCUT2D eigenvalue weighted by molar-refractivity contribution is 7.13. The topological polar surface area (TPSA) is 107 Å². The fourth-order valence-electron chi connectivity index (χ4n) is 3.16. The molecule has 0 amide bonds. The molecule has 1 aliphatic heterocycles. The molecule has 0 bridgehead atoms. The summed E-state index contributed by atoms with van der Waals surface area (Å²) in [7, 11) is 0. The lowest BCUT2D eigenvalue weighted by atomic mass is 10.1. The van der Waals surface area contributed by atoms with Crippen LogP contribution in [0.15, 0.2) is 53.9 Å². The number of benzene rings is 2. The number of anilines is 3. The Morgan fingerprint density at radius 1 is 1.23 bits per heavy atom. The molecule has 0 radical (unpaired) electrons. The van der Waals surface area contributed by atoms with E-state index >= 15 is 0 Å². The Labute approximate surface area is 182 Å². The molecule has 1 saturated heterocycles. The molecule has 2 heterocycles. The Morgan fingerprint density at radius 2 is 2.00 bits per heavy atom. The van der Waals surface area contributed by atoms with Crippen LogP contribution in [0.1, 0.15) is 16.1 Å². The molecule has 31 heavy (non-hydrogen) atoms. The zero-order valence-electron chi connectivity index (χ0n) is 16.5. The number of ether oxygens (including phenoxy) is 2. The van der Waals surface area contributed by atoms with Gasteiger partial charge in [0, 0.05) is 35.9 Å². The van der Waals surface area contributed by atoms with Gasteiger partial charge in [-0.3, -0.25) is 10.1 Å². The molecule has 9 nitrogen and oxygen atoms in total. The Balaban J connectivity index is 1.44. The first-order valence-electron chi connectivity index (χ1n) is 9.65. The Kier molecular flexibility index (Phi) is 6.39. The van der Waals surface area contributed by atoms with E-state index in [4.69, 9.17) is 9.47 Å². The first kappa shape index (κ1) is 20.8. The summed E-state index contributed by atoms with van der Waals surface area (Å²) in [5.41, 5.74) is 1.82. The van der Waals surface area contributed by atoms with E-state index in [1.807, 2.05) is 35.2 Å². The molecule has 2 aromatic carbocycles. The summed E-state index contributed by atoms with van der Waals surface area (Å²) in [5.74, 6) is -0.757. The Bertz CT molecular complexity index is 1070. The highest BCUT2D eigenvalue weighted by Crippen LogP contribution is 2.27. The highest BCUT2D eigenvalue weighted by Gasteiger charge is 2.24. The fourth-order valence-corrected chi connectivity index (χ4v) is 3.87. The average molecular weight is 440 g/mol. The van der Waals surface area contributed by atoms with Crippen LogP contribution in [0.2, 0.25) is 0 Å². The monoisotopic (exact) mass is 440 g/mol. The number of hydrogen-bond acceptors (Lipinski definition) is 9. The van der Waals surface area contributed by atoms with Crippen molar-refractivity contribution in [1.29, 1.82) is 0 Å². The number of esters is 1. The molecule has 0 atom stereocenters. The number of nitrogens with one attached hydrogen (secondary N) is 1. The molecular weight excluding hydrogens is 420 g/mol. The number of nitro benzene ring substituents is 1.